The van der Waals surface area contributed by atoms with E-state index in [-0.39, 0.29) is 5.91 Å². The normalized spacial score (nSPS) is 14.9. The third-order valence-corrected chi connectivity index (χ3v) is 5.18. The van der Waals surface area contributed by atoms with Crippen molar-refractivity contribution < 1.29 is 14.3 Å². The van der Waals surface area contributed by atoms with E-state index in [0.717, 1.165) is 26.1 Å². The van der Waals surface area contributed by atoms with Crippen LogP contribution in [0.2, 0.25) is 5.02 Å². The molecule has 0 N–H and O–H groups in total. The Labute approximate surface area is 165 Å². The highest BCUT2D eigenvalue weighted by molar-refractivity contribution is 6.32. The molecule has 6 heteroatoms. The van der Waals surface area contributed by atoms with Crippen molar-refractivity contribution in [1.82, 2.24) is 9.80 Å². The number of piperazine rings is 1. The molecule has 1 amide bonds. The van der Waals surface area contributed by atoms with E-state index in [0.29, 0.717) is 35.2 Å². The first kappa shape index (κ1) is 19.5. The van der Waals surface area contributed by atoms with E-state index in [4.69, 9.17) is 21.1 Å². The molecule has 144 valence electrons. The van der Waals surface area contributed by atoms with Gasteiger partial charge >= 0.3 is 0 Å². The summed E-state index contributed by atoms with van der Waals surface area (Å²) in [6.45, 7) is 4.17. The molecule has 2 aromatic carbocycles. The Balaban J connectivity index is 1.57. The van der Waals surface area contributed by atoms with Crippen LogP contribution in [-0.2, 0) is 6.42 Å². The van der Waals surface area contributed by atoms with Crippen LogP contribution in [0.25, 0.3) is 0 Å². The zero-order valence-corrected chi connectivity index (χ0v) is 16.5. The van der Waals surface area contributed by atoms with Crippen LogP contribution < -0.4 is 9.47 Å². The van der Waals surface area contributed by atoms with E-state index in [1.807, 2.05) is 11.0 Å². The maximum Gasteiger partial charge on any atom is 0.254 e. The molecule has 0 atom stereocenters. The molecule has 1 aliphatic heterocycles. The van der Waals surface area contributed by atoms with Crippen LogP contribution in [0.4, 0.5) is 0 Å². The number of methoxy groups -OCH3 is 2. The number of hydrogen-bond acceptors (Lipinski definition) is 4. The minimum atomic E-state index is -0.0273. The lowest BCUT2D eigenvalue weighted by atomic mass is 10.1. The Morgan fingerprint density at radius 3 is 2.37 bits per heavy atom. The van der Waals surface area contributed by atoms with Gasteiger partial charge in [-0.1, -0.05) is 41.9 Å². The van der Waals surface area contributed by atoms with Gasteiger partial charge < -0.3 is 14.4 Å². The van der Waals surface area contributed by atoms with Gasteiger partial charge in [-0.25, -0.2) is 0 Å². The van der Waals surface area contributed by atoms with Crippen molar-refractivity contribution in [2.75, 3.05) is 46.9 Å². The van der Waals surface area contributed by atoms with Gasteiger partial charge in [-0.2, -0.15) is 0 Å². The Morgan fingerprint density at radius 2 is 1.74 bits per heavy atom. The highest BCUT2D eigenvalue weighted by Crippen LogP contribution is 2.36. The Kier molecular flexibility index (Phi) is 6.58. The Bertz CT molecular complexity index is 774. The maximum absolute atomic E-state index is 12.9. The van der Waals surface area contributed by atoms with E-state index < -0.39 is 0 Å². The lowest BCUT2D eigenvalue weighted by Crippen LogP contribution is -2.49. The second-order valence-electron chi connectivity index (χ2n) is 6.56. The van der Waals surface area contributed by atoms with Gasteiger partial charge in [0.15, 0.2) is 11.5 Å². The predicted octanol–water partition coefficient (Wildman–Crippen LogP) is 3.36. The molecule has 5 nitrogen and oxygen atoms in total. The number of rotatable bonds is 6. The van der Waals surface area contributed by atoms with E-state index in [9.17, 15) is 4.79 Å². The molecule has 0 aliphatic carbocycles. The molecular weight excluding hydrogens is 364 g/mol. The molecule has 1 aliphatic rings. The van der Waals surface area contributed by atoms with E-state index in [1.165, 1.54) is 19.8 Å². The SMILES string of the molecule is COc1cc(C(=O)N2CCN(CCc3ccccc3)CC2)cc(Cl)c1OC. The second kappa shape index (κ2) is 9.11. The predicted molar refractivity (Wildman–Crippen MR) is 107 cm³/mol. The van der Waals surface area contributed by atoms with Crippen molar-refractivity contribution in [1.29, 1.82) is 0 Å². The van der Waals surface area contributed by atoms with Crippen LogP contribution in [0.3, 0.4) is 0 Å². The quantitative estimate of drug-likeness (QED) is 0.761. The summed E-state index contributed by atoms with van der Waals surface area (Å²) < 4.78 is 10.5. The van der Waals surface area contributed by atoms with Gasteiger partial charge in [0, 0.05) is 38.3 Å². The first-order valence-corrected chi connectivity index (χ1v) is 9.47. The molecule has 2 aromatic rings. The highest BCUT2D eigenvalue weighted by atomic mass is 35.5. The summed E-state index contributed by atoms with van der Waals surface area (Å²) in [5.41, 5.74) is 1.87. The second-order valence-corrected chi connectivity index (χ2v) is 6.97. The van der Waals surface area contributed by atoms with Gasteiger partial charge in [-0.05, 0) is 24.1 Å². The lowest BCUT2D eigenvalue weighted by Gasteiger charge is -2.35. The van der Waals surface area contributed by atoms with Gasteiger partial charge in [-0.3, -0.25) is 9.69 Å². The molecule has 0 unspecified atom stereocenters. The number of benzene rings is 2. The van der Waals surface area contributed by atoms with Crippen molar-refractivity contribution in [3.8, 4) is 11.5 Å². The molecule has 0 spiro atoms. The number of carbonyl (C=O) groups is 1. The standard InChI is InChI=1S/C21H25ClN2O3/c1-26-19-15-17(14-18(22)20(19)27-2)21(25)24-12-10-23(11-13-24)9-8-16-6-4-3-5-7-16/h3-7,14-15H,8-13H2,1-2H3. The average Bonchev–Trinajstić information content (AvgIpc) is 2.72. The molecule has 1 heterocycles. The van der Waals surface area contributed by atoms with Gasteiger partial charge in [0.05, 0.1) is 19.2 Å². The molecular formula is C21H25ClN2O3. The molecule has 0 radical (unpaired) electrons. The fraction of sp³-hybridized carbons (Fsp3) is 0.381. The maximum atomic E-state index is 12.9. The largest absolute Gasteiger partial charge is 0.493 e. The van der Waals surface area contributed by atoms with Crippen molar-refractivity contribution >= 4 is 17.5 Å². The van der Waals surface area contributed by atoms with Crippen molar-refractivity contribution in [2.45, 2.75) is 6.42 Å². The number of carbonyl (C=O) groups excluding carboxylic acids is 1. The molecule has 1 fully saturated rings. The molecule has 0 bridgehead atoms. The minimum Gasteiger partial charge on any atom is -0.493 e. The van der Waals surface area contributed by atoms with Crippen molar-refractivity contribution in [3.63, 3.8) is 0 Å². The Hall–Kier alpha value is -2.24. The average molecular weight is 389 g/mol. The number of nitrogens with zero attached hydrogens (tertiary/aromatic N) is 2. The third-order valence-electron chi connectivity index (χ3n) is 4.90. The zero-order valence-electron chi connectivity index (χ0n) is 15.8. The number of ether oxygens (including phenoxy) is 2. The fourth-order valence-corrected chi connectivity index (χ4v) is 3.62. The summed E-state index contributed by atoms with van der Waals surface area (Å²) in [6.07, 6.45) is 1.03. The van der Waals surface area contributed by atoms with Gasteiger partial charge in [-0.15, -0.1) is 0 Å². The van der Waals surface area contributed by atoms with Crippen LogP contribution >= 0.6 is 11.6 Å². The first-order valence-electron chi connectivity index (χ1n) is 9.09. The van der Waals surface area contributed by atoms with Gasteiger partial charge in [0.1, 0.15) is 0 Å². The number of halogens is 1. The summed E-state index contributed by atoms with van der Waals surface area (Å²) in [4.78, 5) is 17.1. The van der Waals surface area contributed by atoms with Crippen LogP contribution in [0.15, 0.2) is 42.5 Å². The number of hydrogen-bond donors (Lipinski definition) is 0. The van der Waals surface area contributed by atoms with Crippen LogP contribution in [-0.4, -0.2) is 62.7 Å². The molecule has 0 saturated carbocycles. The lowest BCUT2D eigenvalue weighted by molar-refractivity contribution is 0.0638. The minimum absolute atomic E-state index is 0.0273. The summed E-state index contributed by atoms with van der Waals surface area (Å²) in [7, 11) is 3.06. The van der Waals surface area contributed by atoms with E-state index in [1.54, 1.807) is 12.1 Å². The molecule has 27 heavy (non-hydrogen) atoms. The van der Waals surface area contributed by atoms with E-state index >= 15 is 0 Å². The first-order chi connectivity index (χ1) is 13.1. The number of amides is 1. The smallest absolute Gasteiger partial charge is 0.254 e. The molecule has 3 rings (SSSR count). The summed E-state index contributed by atoms with van der Waals surface area (Å²) >= 11 is 6.24. The van der Waals surface area contributed by atoms with Crippen LogP contribution in [0.5, 0.6) is 11.5 Å². The van der Waals surface area contributed by atoms with Crippen LogP contribution in [0.1, 0.15) is 15.9 Å². The summed E-state index contributed by atoms with van der Waals surface area (Å²) in [5.74, 6) is 0.886. The molecule has 1 saturated heterocycles. The highest BCUT2D eigenvalue weighted by Gasteiger charge is 2.24. The Morgan fingerprint density at radius 1 is 1.04 bits per heavy atom. The van der Waals surface area contributed by atoms with Gasteiger partial charge in [0.2, 0.25) is 0 Å². The van der Waals surface area contributed by atoms with Crippen molar-refractivity contribution in [2.24, 2.45) is 0 Å². The fourth-order valence-electron chi connectivity index (χ4n) is 3.33. The van der Waals surface area contributed by atoms with Crippen LogP contribution in [0, 0.1) is 0 Å². The third kappa shape index (κ3) is 4.73. The van der Waals surface area contributed by atoms with Gasteiger partial charge in [0.25, 0.3) is 5.91 Å². The molecule has 0 aromatic heterocycles. The summed E-state index contributed by atoms with van der Waals surface area (Å²) in [6, 6.07) is 13.8. The van der Waals surface area contributed by atoms with Crippen molar-refractivity contribution in [3.05, 3.63) is 58.6 Å². The van der Waals surface area contributed by atoms with E-state index in [2.05, 4.69) is 29.2 Å². The topological polar surface area (TPSA) is 42.0 Å². The monoisotopic (exact) mass is 388 g/mol. The zero-order chi connectivity index (χ0) is 19.2. The summed E-state index contributed by atoms with van der Waals surface area (Å²) in [5, 5.41) is 0.377.